The predicted molar refractivity (Wildman–Crippen MR) is 71.0 cm³/mol. The van der Waals surface area contributed by atoms with E-state index in [0.717, 1.165) is 12.3 Å². The molecular formula is C15H26. The van der Waals surface area contributed by atoms with E-state index in [1.807, 2.05) is 13.8 Å². The van der Waals surface area contributed by atoms with Gasteiger partial charge in [-0.2, -0.15) is 0 Å². The van der Waals surface area contributed by atoms with E-state index in [9.17, 15) is 0 Å². The van der Waals surface area contributed by atoms with Crippen LogP contribution in [0.5, 0.6) is 0 Å². The van der Waals surface area contributed by atoms with Crippen molar-refractivity contribution < 1.29 is 0 Å². The van der Waals surface area contributed by atoms with Crippen molar-refractivity contribution in [2.75, 3.05) is 0 Å². The lowest BCUT2D eigenvalue weighted by Crippen LogP contribution is -1.93. The second-order valence-electron chi connectivity index (χ2n) is 3.90. The number of hydrogen-bond acceptors (Lipinski definition) is 0. The summed E-state index contributed by atoms with van der Waals surface area (Å²) in [4.78, 5) is 0. The molecule has 0 saturated heterocycles. The molecule has 1 fully saturated rings. The Labute approximate surface area is 95.8 Å². The van der Waals surface area contributed by atoms with E-state index >= 15 is 0 Å². The monoisotopic (exact) mass is 206 g/mol. The van der Waals surface area contributed by atoms with E-state index in [-0.39, 0.29) is 0 Å². The van der Waals surface area contributed by atoms with E-state index in [1.165, 1.54) is 36.8 Å². The fraction of sp³-hybridized carbons (Fsp3) is 0.600. The summed E-state index contributed by atoms with van der Waals surface area (Å²) in [6.45, 7) is 14.2. The van der Waals surface area contributed by atoms with Gasteiger partial charge in [0.2, 0.25) is 0 Å². The van der Waals surface area contributed by atoms with Gasteiger partial charge in [-0.15, -0.1) is 0 Å². The van der Waals surface area contributed by atoms with Gasteiger partial charge in [-0.05, 0) is 25.2 Å². The number of rotatable bonds is 4. The van der Waals surface area contributed by atoms with E-state index in [4.69, 9.17) is 0 Å². The third kappa shape index (κ3) is 5.61. The van der Waals surface area contributed by atoms with Gasteiger partial charge in [0, 0.05) is 0 Å². The van der Waals surface area contributed by atoms with Crippen molar-refractivity contribution >= 4 is 0 Å². The molecule has 0 spiro atoms. The normalized spacial score (nSPS) is 16.2. The molecule has 0 N–H and O–H groups in total. The molecular weight excluding hydrogens is 180 g/mol. The molecule has 0 radical (unpaired) electrons. The first kappa shape index (κ1) is 14.2. The zero-order valence-electron chi connectivity index (χ0n) is 10.7. The zero-order valence-corrected chi connectivity index (χ0v) is 10.7. The van der Waals surface area contributed by atoms with Crippen molar-refractivity contribution in [3.05, 3.63) is 36.5 Å². The first-order valence-corrected chi connectivity index (χ1v) is 6.28. The molecule has 0 aliphatic heterocycles. The van der Waals surface area contributed by atoms with Crippen LogP contribution in [0.4, 0.5) is 0 Å². The maximum absolute atomic E-state index is 4.12. The Balaban J connectivity index is 0.000000921. The highest BCUT2D eigenvalue weighted by Gasteiger charge is 2.15. The maximum Gasteiger partial charge on any atom is -0.0168 e. The van der Waals surface area contributed by atoms with E-state index in [2.05, 4.69) is 32.2 Å². The predicted octanol–water partition coefficient (Wildman–Crippen LogP) is 5.28. The first-order chi connectivity index (χ1) is 7.24. The van der Waals surface area contributed by atoms with Gasteiger partial charge in [-0.3, -0.25) is 0 Å². The van der Waals surface area contributed by atoms with E-state index < -0.39 is 0 Å². The smallest absolute Gasteiger partial charge is 0.0168 e. The van der Waals surface area contributed by atoms with Gasteiger partial charge in [-0.25, -0.2) is 0 Å². The molecule has 1 aliphatic rings. The lowest BCUT2D eigenvalue weighted by molar-refractivity contribution is 0.660. The summed E-state index contributed by atoms with van der Waals surface area (Å²) in [6, 6.07) is 0. The van der Waals surface area contributed by atoms with Gasteiger partial charge >= 0.3 is 0 Å². The first-order valence-electron chi connectivity index (χ1n) is 6.28. The third-order valence-electron chi connectivity index (χ3n) is 2.87. The van der Waals surface area contributed by atoms with E-state index in [0.29, 0.717) is 0 Å². The summed E-state index contributed by atoms with van der Waals surface area (Å²) >= 11 is 0. The summed E-state index contributed by atoms with van der Waals surface area (Å²) in [5.74, 6) is 0.751. The number of hydrogen-bond donors (Lipinski definition) is 0. The Morgan fingerprint density at radius 2 is 1.67 bits per heavy atom. The van der Waals surface area contributed by atoms with Crippen LogP contribution in [-0.2, 0) is 0 Å². The SMILES string of the molecule is C=C(/C=C\C(=C)C1CCCC1)CC.CC. The average Bonchev–Trinajstić information content (AvgIpc) is 2.81. The second-order valence-corrected chi connectivity index (χ2v) is 3.90. The van der Waals surface area contributed by atoms with Crippen LogP contribution in [-0.4, -0.2) is 0 Å². The minimum Gasteiger partial charge on any atom is -0.0958 e. The molecule has 1 aliphatic carbocycles. The molecule has 0 heteroatoms. The fourth-order valence-corrected chi connectivity index (χ4v) is 1.78. The van der Waals surface area contributed by atoms with Gasteiger partial charge in [0.25, 0.3) is 0 Å². The Morgan fingerprint density at radius 1 is 1.13 bits per heavy atom. The molecule has 0 nitrogen and oxygen atoms in total. The van der Waals surface area contributed by atoms with Gasteiger partial charge < -0.3 is 0 Å². The van der Waals surface area contributed by atoms with Crippen molar-refractivity contribution in [2.24, 2.45) is 5.92 Å². The molecule has 15 heavy (non-hydrogen) atoms. The summed E-state index contributed by atoms with van der Waals surface area (Å²) in [6.07, 6.45) is 10.7. The Bertz CT molecular complexity index is 214. The molecule has 0 aromatic heterocycles. The van der Waals surface area contributed by atoms with Crippen molar-refractivity contribution in [1.29, 1.82) is 0 Å². The standard InChI is InChI=1S/C13H20.C2H6/c1-4-11(2)9-10-12(3)13-7-5-6-8-13;1-2/h9-10,13H,2-8H2,1H3;1-2H3/b10-9-;. The van der Waals surface area contributed by atoms with Gasteiger partial charge in [0.1, 0.15) is 0 Å². The van der Waals surface area contributed by atoms with Crippen LogP contribution < -0.4 is 0 Å². The largest absolute Gasteiger partial charge is 0.0958 e. The molecule has 0 bridgehead atoms. The van der Waals surface area contributed by atoms with Crippen LogP contribution in [0.25, 0.3) is 0 Å². The molecule has 0 unspecified atom stereocenters. The van der Waals surface area contributed by atoms with Crippen LogP contribution >= 0.6 is 0 Å². The Kier molecular flexibility index (Phi) is 8.08. The maximum atomic E-state index is 4.12. The average molecular weight is 206 g/mol. The summed E-state index contributed by atoms with van der Waals surface area (Å²) in [5, 5.41) is 0. The van der Waals surface area contributed by atoms with Crippen LogP contribution in [0.3, 0.4) is 0 Å². The van der Waals surface area contributed by atoms with Gasteiger partial charge in [0.15, 0.2) is 0 Å². The van der Waals surface area contributed by atoms with Crippen molar-refractivity contribution in [2.45, 2.75) is 52.9 Å². The van der Waals surface area contributed by atoms with E-state index in [1.54, 1.807) is 0 Å². The Morgan fingerprint density at radius 3 is 2.13 bits per heavy atom. The van der Waals surface area contributed by atoms with Crippen LogP contribution in [0.15, 0.2) is 36.5 Å². The van der Waals surface area contributed by atoms with Crippen molar-refractivity contribution in [3.8, 4) is 0 Å². The molecule has 1 saturated carbocycles. The van der Waals surface area contributed by atoms with Crippen molar-refractivity contribution in [1.82, 2.24) is 0 Å². The third-order valence-corrected chi connectivity index (χ3v) is 2.87. The van der Waals surface area contributed by atoms with Crippen LogP contribution in [0.1, 0.15) is 52.9 Å². The minimum absolute atomic E-state index is 0.751. The quantitative estimate of drug-likeness (QED) is 0.549. The fourth-order valence-electron chi connectivity index (χ4n) is 1.78. The van der Waals surface area contributed by atoms with Crippen LogP contribution in [0.2, 0.25) is 0 Å². The van der Waals surface area contributed by atoms with Crippen molar-refractivity contribution in [3.63, 3.8) is 0 Å². The molecule has 86 valence electrons. The number of allylic oxidation sites excluding steroid dienone is 4. The topological polar surface area (TPSA) is 0 Å². The molecule has 0 heterocycles. The van der Waals surface area contributed by atoms with Gasteiger partial charge in [-0.1, -0.05) is 70.1 Å². The highest BCUT2D eigenvalue weighted by atomic mass is 14.2. The lowest BCUT2D eigenvalue weighted by atomic mass is 9.98. The molecule has 1 rings (SSSR count). The molecule has 0 aromatic rings. The molecule has 0 atom stereocenters. The summed E-state index contributed by atoms with van der Waals surface area (Å²) in [5.41, 5.74) is 2.49. The summed E-state index contributed by atoms with van der Waals surface area (Å²) < 4.78 is 0. The molecule has 0 amide bonds. The van der Waals surface area contributed by atoms with Gasteiger partial charge in [0.05, 0.1) is 0 Å². The van der Waals surface area contributed by atoms with Crippen LogP contribution in [0, 0.1) is 5.92 Å². The molecule has 0 aromatic carbocycles. The zero-order chi connectivity index (χ0) is 11.7. The highest BCUT2D eigenvalue weighted by molar-refractivity contribution is 5.26. The Hall–Kier alpha value is -0.780. The minimum atomic E-state index is 0.751. The second kappa shape index (κ2) is 8.52. The summed E-state index contributed by atoms with van der Waals surface area (Å²) in [7, 11) is 0. The highest BCUT2D eigenvalue weighted by Crippen LogP contribution is 2.30. The lowest BCUT2D eigenvalue weighted by Gasteiger charge is -2.07.